The number of hydrogen-bond acceptors (Lipinski definition) is 3. The van der Waals surface area contributed by atoms with Crippen LogP contribution in [0.1, 0.15) is 21.5 Å². The van der Waals surface area contributed by atoms with E-state index in [-0.39, 0.29) is 0 Å². The van der Waals surface area contributed by atoms with Crippen LogP contribution in [0.3, 0.4) is 0 Å². The van der Waals surface area contributed by atoms with Crippen molar-refractivity contribution in [2.24, 2.45) is 7.05 Å². The zero-order valence-corrected chi connectivity index (χ0v) is 12.0. The quantitative estimate of drug-likeness (QED) is 0.690. The number of benzene rings is 1. The molecule has 0 amide bonds. The standard InChI is InChI=1S/C16H16N4O/c1-12-4-3-5-13(8-12)9-20-10-14(11-21)16(18-20)15-6-7-17-19(15)2/h3-8,10-11H,9H2,1-2H3. The van der Waals surface area contributed by atoms with Crippen LogP contribution in [-0.2, 0) is 13.6 Å². The average Bonchev–Trinajstić information content (AvgIpc) is 3.04. The SMILES string of the molecule is Cc1cccc(Cn2cc(C=O)c(-c3ccnn3C)n2)c1. The number of carbonyl (C=O) groups is 1. The topological polar surface area (TPSA) is 52.7 Å². The molecule has 2 aromatic heterocycles. The van der Waals surface area contributed by atoms with Gasteiger partial charge in [-0.05, 0) is 18.6 Å². The highest BCUT2D eigenvalue weighted by Crippen LogP contribution is 2.20. The number of carbonyl (C=O) groups excluding carboxylic acids is 1. The maximum Gasteiger partial charge on any atom is 0.153 e. The van der Waals surface area contributed by atoms with Gasteiger partial charge in [-0.3, -0.25) is 14.2 Å². The Morgan fingerprint density at radius 1 is 1.29 bits per heavy atom. The number of aromatic nitrogens is 4. The maximum absolute atomic E-state index is 11.3. The predicted octanol–water partition coefficient (Wildman–Crippen LogP) is 2.45. The van der Waals surface area contributed by atoms with Gasteiger partial charge in [0.2, 0.25) is 0 Å². The van der Waals surface area contributed by atoms with Crippen LogP contribution in [-0.4, -0.2) is 25.8 Å². The number of aldehydes is 1. The van der Waals surface area contributed by atoms with Crippen molar-refractivity contribution in [3.63, 3.8) is 0 Å². The molecule has 21 heavy (non-hydrogen) atoms. The molecular formula is C16H16N4O. The van der Waals surface area contributed by atoms with E-state index in [0.717, 1.165) is 17.5 Å². The first-order valence-electron chi connectivity index (χ1n) is 6.74. The van der Waals surface area contributed by atoms with Gasteiger partial charge in [0.15, 0.2) is 6.29 Å². The third-order valence-corrected chi connectivity index (χ3v) is 3.41. The van der Waals surface area contributed by atoms with Crippen molar-refractivity contribution in [2.75, 3.05) is 0 Å². The highest BCUT2D eigenvalue weighted by molar-refractivity contribution is 5.84. The van der Waals surface area contributed by atoms with Crippen LogP contribution in [0.2, 0.25) is 0 Å². The van der Waals surface area contributed by atoms with E-state index in [0.29, 0.717) is 17.8 Å². The molecule has 0 radical (unpaired) electrons. The molecule has 0 bridgehead atoms. The summed E-state index contributed by atoms with van der Waals surface area (Å²) >= 11 is 0. The van der Waals surface area contributed by atoms with Crippen molar-refractivity contribution in [1.29, 1.82) is 0 Å². The molecular weight excluding hydrogens is 264 g/mol. The second kappa shape index (κ2) is 5.36. The molecule has 5 heteroatoms. The van der Waals surface area contributed by atoms with E-state index in [4.69, 9.17) is 0 Å². The lowest BCUT2D eigenvalue weighted by atomic mass is 10.1. The Labute approximate surface area is 122 Å². The first-order valence-corrected chi connectivity index (χ1v) is 6.74. The third-order valence-electron chi connectivity index (χ3n) is 3.41. The van der Waals surface area contributed by atoms with E-state index in [2.05, 4.69) is 35.3 Å². The first-order chi connectivity index (χ1) is 10.2. The largest absolute Gasteiger partial charge is 0.298 e. The summed E-state index contributed by atoms with van der Waals surface area (Å²) in [5, 5.41) is 8.66. The Morgan fingerprint density at radius 3 is 2.81 bits per heavy atom. The third kappa shape index (κ3) is 2.63. The van der Waals surface area contributed by atoms with E-state index in [1.165, 1.54) is 5.56 Å². The average molecular weight is 280 g/mol. The molecule has 3 aromatic rings. The van der Waals surface area contributed by atoms with E-state index >= 15 is 0 Å². The molecule has 5 nitrogen and oxygen atoms in total. The van der Waals surface area contributed by atoms with Crippen LogP contribution in [0.15, 0.2) is 42.7 Å². The van der Waals surface area contributed by atoms with Gasteiger partial charge in [0, 0.05) is 19.4 Å². The molecule has 106 valence electrons. The fraction of sp³-hybridized carbons (Fsp3) is 0.188. The van der Waals surface area contributed by atoms with Crippen molar-refractivity contribution in [1.82, 2.24) is 19.6 Å². The Balaban J connectivity index is 1.96. The number of hydrogen-bond donors (Lipinski definition) is 0. The van der Waals surface area contributed by atoms with Gasteiger partial charge < -0.3 is 0 Å². The molecule has 0 aliphatic carbocycles. The van der Waals surface area contributed by atoms with Crippen LogP contribution in [0.25, 0.3) is 11.4 Å². The molecule has 0 aliphatic heterocycles. The predicted molar refractivity (Wildman–Crippen MR) is 80.1 cm³/mol. The lowest BCUT2D eigenvalue weighted by Crippen LogP contribution is -2.01. The van der Waals surface area contributed by atoms with E-state index in [1.807, 2.05) is 19.2 Å². The van der Waals surface area contributed by atoms with Gasteiger partial charge in [-0.15, -0.1) is 0 Å². The zero-order valence-electron chi connectivity index (χ0n) is 12.0. The van der Waals surface area contributed by atoms with Crippen molar-refractivity contribution in [3.05, 3.63) is 59.4 Å². The van der Waals surface area contributed by atoms with Gasteiger partial charge in [-0.2, -0.15) is 10.2 Å². The minimum atomic E-state index is 0.575. The van der Waals surface area contributed by atoms with E-state index in [9.17, 15) is 4.79 Å². The zero-order chi connectivity index (χ0) is 14.8. The van der Waals surface area contributed by atoms with Gasteiger partial charge >= 0.3 is 0 Å². The Hall–Kier alpha value is -2.69. The molecule has 3 rings (SSSR count). The number of nitrogens with zero attached hydrogens (tertiary/aromatic N) is 4. The number of aryl methyl sites for hydroxylation is 2. The summed E-state index contributed by atoms with van der Waals surface area (Å²) in [4.78, 5) is 11.3. The molecule has 0 saturated heterocycles. The second-order valence-electron chi connectivity index (χ2n) is 5.08. The summed E-state index contributed by atoms with van der Waals surface area (Å²) in [5.74, 6) is 0. The Morgan fingerprint density at radius 2 is 2.14 bits per heavy atom. The molecule has 0 atom stereocenters. The summed E-state index contributed by atoms with van der Waals surface area (Å²) in [6.45, 7) is 2.70. The lowest BCUT2D eigenvalue weighted by molar-refractivity contribution is 0.112. The van der Waals surface area contributed by atoms with Crippen molar-refractivity contribution in [2.45, 2.75) is 13.5 Å². The summed E-state index contributed by atoms with van der Waals surface area (Å²) < 4.78 is 3.51. The molecule has 2 heterocycles. The monoisotopic (exact) mass is 280 g/mol. The second-order valence-corrected chi connectivity index (χ2v) is 5.08. The van der Waals surface area contributed by atoms with E-state index in [1.54, 1.807) is 21.8 Å². The van der Waals surface area contributed by atoms with Crippen molar-refractivity contribution < 1.29 is 4.79 Å². The fourth-order valence-electron chi connectivity index (χ4n) is 2.41. The highest BCUT2D eigenvalue weighted by Gasteiger charge is 2.13. The van der Waals surface area contributed by atoms with Crippen LogP contribution < -0.4 is 0 Å². The van der Waals surface area contributed by atoms with Crippen molar-refractivity contribution >= 4 is 6.29 Å². The van der Waals surface area contributed by atoms with Gasteiger partial charge in [0.25, 0.3) is 0 Å². The molecule has 0 saturated carbocycles. The summed E-state index contributed by atoms with van der Waals surface area (Å²) in [5.41, 5.74) is 4.44. The Bertz CT molecular complexity index is 785. The Kier molecular flexibility index (Phi) is 3.39. The molecule has 0 aliphatic rings. The fourth-order valence-corrected chi connectivity index (χ4v) is 2.41. The molecule has 0 spiro atoms. The van der Waals surface area contributed by atoms with Crippen molar-refractivity contribution in [3.8, 4) is 11.4 Å². The molecule has 0 fully saturated rings. The van der Waals surface area contributed by atoms with Crippen LogP contribution >= 0.6 is 0 Å². The van der Waals surface area contributed by atoms with Gasteiger partial charge in [0.05, 0.1) is 17.8 Å². The minimum absolute atomic E-state index is 0.575. The highest BCUT2D eigenvalue weighted by atomic mass is 16.1. The van der Waals surface area contributed by atoms with Gasteiger partial charge in [-0.25, -0.2) is 0 Å². The first kappa shape index (κ1) is 13.3. The van der Waals surface area contributed by atoms with Crippen LogP contribution in [0, 0.1) is 6.92 Å². The van der Waals surface area contributed by atoms with Crippen LogP contribution in [0.5, 0.6) is 0 Å². The van der Waals surface area contributed by atoms with Gasteiger partial charge in [0.1, 0.15) is 5.69 Å². The maximum atomic E-state index is 11.3. The summed E-state index contributed by atoms with van der Waals surface area (Å²) in [6.07, 6.45) is 4.31. The molecule has 0 N–H and O–H groups in total. The lowest BCUT2D eigenvalue weighted by Gasteiger charge is -2.03. The van der Waals surface area contributed by atoms with Crippen LogP contribution in [0.4, 0.5) is 0 Å². The van der Waals surface area contributed by atoms with E-state index < -0.39 is 0 Å². The minimum Gasteiger partial charge on any atom is -0.298 e. The van der Waals surface area contributed by atoms with Gasteiger partial charge in [-0.1, -0.05) is 29.8 Å². The smallest absolute Gasteiger partial charge is 0.153 e. The summed E-state index contributed by atoms with van der Waals surface area (Å²) in [7, 11) is 1.84. The number of rotatable bonds is 4. The molecule has 1 aromatic carbocycles. The summed E-state index contributed by atoms with van der Waals surface area (Å²) in [6, 6.07) is 10.1. The molecule has 0 unspecified atom stereocenters. The normalized spacial score (nSPS) is 10.8.